The summed E-state index contributed by atoms with van der Waals surface area (Å²) in [5.74, 6) is -2.36. The zero-order valence-corrected chi connectivity index (χ0v) is 16.6. The molecule has 3 aromatic rings. The number of hydrogen-bond donors (Lipinski definition) is 2. The van der Waals surface area contributed by atoms with Gasteiger partial charge >= 0.3 is 0 Å². The van der Waals surface area contributed by atoms with Gasteiger partial charge in [-0.3, -0.25) is 24.7 Å². The number of phenolic OH excluding ortho intramolecular Hbond substituents is 1. The summed E-state index contributed by atoms with van der Waals surface area (Å²) in [6.45, 7) is 0.0547. The molecule has 0 saturated carbocycles. The predicted molar refractivity (Wildman–Crippen MR) is 113 cm³/mol. The molecule has 0 bridgehead atoms. The molecular weight excluding hydrogens is 414 g/mol. The third-order valence-electron chi connectivity index (χ3n) is 5.16. The number of benzene rings is 2. The van der Waals surface area contributed by atoms with Crippen molar-refractivity contribution in [3.8, 4) is 5.75 Å². The van der Waals surface area contributed by atoms with Gasteiger partial charge in [0.05, 0.1) is 16.5 Å². The van der Waals surface area contributed by atoms with Crippen LogP contribution >= 0.6 is 0 Å². The van der Waals surface area contributed by atoms with Crippen LogP contribution in [0.3, 0.4) is 0 Å². The maximum Gasteiger partial charge on any atom is 0.295 e. The summed E-state index contributed by atoms with van der Waals surface area (Å²) in [6, 6.07) is 13.6. The molecular formula is C23H17N3O6. The highest BCUT2D eigenvalue weighted by Crippen LogP contribution is 2.41. The van der Waals surface area contributed by atoms with Crippen molar-refractivity contribution >= 4 is 23.1 Å². The van der Waals surface area contributed by atoms with Crippen LogP contribution in [0.15, 0.2) is 78.6 Å². The van der Waals surface area contributed by atoms with Crippen molar-refractivity contribution in [3.63, 3.8) is 0 Å². The second-order valence-corrected chi connectivity index (χ2v) is 7.18. The average Bonchev–Trinajstić information content (AvgIpc) is 3.04. The highest BCUT2D eigenvalue weighted by atomic mass is 16.6. The minimum atomic E-state index is -1.01. The number of amides is 1. The highest BCUT2D eigenvalue weighted by molar-refractivity contribution is 6.46. The van der Waals surface area contributed by atoms with E-state index in [9.17, 15) is 29.9 Å². The third-order valence-corrected chi connectivity index (χ3v) is 5.16. The topological polar surface area (TPSA) is 134 Å². The first-order valence-corrected chi connectivity index (χ1v) is 9.58. The summed E-state index contributed by atoms with van der Waals surface area (Å²) < 4.78 is 0. The van der Waals surface area contributed by atoms with Crippen molar-refractivity contribution in [3.05, 3.63) is 105 Å². The van der Waals surface area contributed by atoms with Gasteiger partial charge < -0.3 is 15.1 Å². The molecule has 1 atom stereocenters. The first-order valence-electron chi connectivity index (χ1n) is 9.58. The molecule has 0 radical (unpaired) electrons. The van der Waals surface area contributed by atoms with Gasteiger partial charge in [-0.25, -0.2) is 0 Å². The van der Waals surface area contributed by atoms with Crippen LogP contribution in [0.1, 0.15) is 22.7 Å². The Labute approximate surface area is 182 Å². The van der Waals surface area contributed by atoms with Gasteiger partial charge in [-0.15, -0.1) is 0 Å². The molecule has 1 aromatic heterocycles. The molecule has 1 aliphatic rings. The Kier molecular flexibility index (Phi) is 5.38. The van der Waals surface area contributed by atoms with E-state index >= 15 is 0 Å². The molecule has 2 heterocycles. The van der Waals surface area contributed by atoms with E-state index in [1.165, 1.54) is 35.2 Å². The number of phenols is 1. The minimum Gasteiger partial charge on any atom is -0.508 e. The maximum absolute atomic E-state index is 13.0. The summed E-state index contributed by atoms with van der Waals surface area (Å²) in [6.07, 6.45) is 3.11. The van der Waals surface area contributed by atoms with E-state index in [4.69, 9.17) is 0 Å². The second kappa shape index (κ2) is 8.31. The number of non-ortho nitro benzene ring substituents is 1. The van der Waals surface area contributed by atoms with Gasteiger partial charge in [0.15, 0.2) is 0 Å². The van der Waals surface area contributed by atoms with E-state index in [2.05, 4.69) is 4.98 Å². The molecule has 9 heteroatoms. The van der Waals surface area contributed by atoms with E-state index in [0.717, 1.165) is 6.07 Å². The molecule has 9 nitrogen and oxygen atoms in total. The molecule has 2 N–H and O–H groups in total. The Morgan fingerprint density at radius 3 is 2.47 bits per heavy atom. The Morgan fingerprint density at radius 1 is 1.06 bits per heavy atom. The van der Waals surface area contributed by atoms with Crippen molar-refractivity contribution in [1.29, 1.82) is 0 Å². The van der Waals surface area contributed by atoms with E-state index in [1.807, 2.05) is 0 Å². The monoisotopic (exact) mass is 431 g/mol. The van der Waals surface area contributed by atoms with E-state index < -0.39 is 28.4 Å². The summed E-state index contributed by atoms with van der Waals surface area (Å²) in [5.41, 5.74) is 0.669. The number of hydrogen-bond acceptors (Lipinski definition) is 7. The van der Waals surface area contributed by atoms with Gasteiger partial charge in [0, 0.05) is 36.6 Å². The standard InChI is InChI=1S/C23H17N3O6/c27-18-6-2-3-15(12-18)20-19(21(28)16-4-1-5-17(11-16)26(31)32)22(29)23(30)25(20)13-14-7-9-24-10-8-14/h1-12,20,27-28H,13H2/b21-19-. The number of ketones is 1. The number of aliphatic hydroxyl groups excluding tert-OH is 1. The number of carbonyl (C=O) groups excluding carboxylic acids is 2. The van der Waals surface area contributed by atoms with Crippen molar-refractivity contribution < 1.29 is 24.7 Å². The molecule has 1 fully saturated rings. The lowest BCUT2D eigenvalue weighted by atomic mass is 9.95. The largest absolute Gasteiger partial charge is 0.508 e. The number of aliphatic hydroxyl groups is 1. The van der Waals surface area contributed by atoms with Gasteiger partial charge in [-0.05, 0) is 35.4 Å². The lowest BCUT2D eigenvalue weighted by molar-refractivity contribution is -0.384. The molecule has 32 heavy (non-hydrogen) atoms. The van der Waals surface area contributed by atoms with Gasteiger partial charge in [-0.1, -0.05) is 24.3 Å². The molecule has 1 amide bonds. The molecule has 0 aliphatic carbocycles. The fourth-order valence-electron chi connectivity index (χ4n) is 3.69. The van der Waals surface area contributed by atoms with Crippen molar-refractivity contribution in [2.75, 3.05) is 0 Å². The van der Waals surface area contributed by atoms with Crippen molar-refractivity contribution in [1.82, 2.24) is 9.88 Å². The molecule has 4 rings (SSSR count). The van der Waals surface area contributed by atoms with Crippen molar-refractivity contribution in [2.24, 2.45) is 0 Å². The average molecular weight is 431 g/mol. The van der Waals surface area contributed by atoms with Gasteiger partial charge in [-0.2, -0.15) is 0 Å². The van der Waals surface area contributed by atoms with Gasteiger partial charge in [0.25, 0.3) is 17.4 Å². The number of carbonyl (C=O) groups is 2. The number of aromatic hydroxyl groups is 1. The number of aromatic nitrogens is 1. The summed E-state index contributed by atoms with van der Waals surface area (Å²) >= 11 is 0. The van der Waals surface area contributed by atoms with Crippen molar-refractivity contribution in [2.45, 2.75) is 12.6 Å². The third kappa shape index (κ3) is 3.79. The van der Waals surface area contributed by atoms with Gasteiger partial charge in [0.2, 0.25) is 0 Å². The van der Waals surface area contributed by atoms with Crippen LogP contribution in [-0.4, -0.2) is 36.7 Å². The van der Waals surface area contributed by atoms with Crippen LogP contribution in [0.4, 0.5) is 5.69 Å². The molecule has 0 spiro atoms. The Morgan fingerprint density at radius 2 is 1.78 bits per heavy atom. The minimum absolute atomic E-state index is 0.0336. The normalized spacial score (nSPS) is 17.5. The van der Waals surface area contributed by atoms with Crippen LogP contribution in [0.5, 0.6) is 5.75 Å². The van der Waals surface area contributed by atoms with E-state index in [-0.39, 0.29) is 29.1 Å². The fraction of sp³-hybridized carbons (Fsp3) is 0.0870. The van der Waals surface area contributed by atoms with Crippen LogP contribution in [0.2, 0.25) is 0 Å². The quantitative estimate of drug-likeness (QED) is 0.208. The maximum atomic E-state index is 13.0. The number of nitro groups is 1. The zero-order chi connectivity index (χ0) is 22.8. The zero-order valence-electron chi connectivity index (χ0n) is 16.6. The number of rotatable bonds is 5. The summed E-state index contributed by atoms with van der Waals surface area (Å²) in [5, 5.41) is 32.1. The Balaban J connectivity index is 1.88. The smallest absolute Gasteiger partial charge is 0.295 e. The summed E-state index contributed by atoms with van der Waals surface area (Å²) in [7, 11) is 0. The first-order chi connectivity index (χ1) is 15.4. The Bertz CT molecular complexity index is 1260. The second-order valence-electron chi connectivity index (χ2n) is 7.18. The SMILES string of the molecule is O=C1C(=O)N(Cc2ccncc2)C(c2cccc(O)c2)/C1=C(/O)c1cccc([N+](=O)[O-])c1. The number of likely N-dealkylation sites (tertiary alicyclic amines) is 1. The molecule has 1 saturated heterocycles. The molecule has 1 unspecified atom stereocenters. The molecule has 2 aromatic carbocycles. The van der Waals surface area contributed by atoms with Crippen LogP contribution < -0.4 is 0 Å². The number of pyridine rings is 1. The Hall–Kier alpha value is -4.53. The van der Waals surface area contributed by atoms with E-state index in [0.29, 0.717) is 11.1 Å². The lowest BCUT2D eigenvalue weighted by Crippen LogP contribution is -2.29. The molecule has 160 valence electrons. The molecule has 1 aliphatic heterocycles. The number of Topliss-reactive ketones (excluding diaryl/α,β-unsaturated/α-hetero) is 1. The predicted octanol–water partition coefficient (Wildman–Crippen LogP) is 3.32. The fourth-order valence-corrected chi connectivity index (χ4v) is 3.69. The van der Waals surface area contributed by atoms with Crippen LogP contribution in [0, 0.1) is 10.1 Å². The summed E-state index contributed by atoms with van der Waals surface area (Å²) in [4.78, 5) is 41.7. The number of nitro benzene ring substituents is 1. The highest BCUT2D eigenvalue weighted by Gasteiger charge is 2.46. The van der Waals surface area contributed by atoms with Gasteiger partial charge in [0.1, 0.15) is 11.5 Å². The van der Waals surface area contributed by atoms with Crippen LogP contribution in [0.25, 0.3) is 5.76 Å². The van der Waals surface area contributed by atoms with E-state index in [1.54, 1.807) is 36.7 Å². The lowest BCUT2D eigenvalue weighted by Gasteiger charge is -2.25. The van der Waals surface area contributed by atoms with Crippen LogP contribution in [-0.2, 0) is 16.1 Å². The number of nitrogens with zero attached hydrogens (tertiary/aromatic N) is 3. The first kappa shape index (κ1) is 20.7.